The van der Waals surface area contributed by atoms with Gasteiger partial charge in [-0.3, -0.25) is 4.79 Å². The normalized spacial score (nSPS) is 18.5. The molecule has 2 saturated heterocycles. The highest BCUT2D eigenvalue weighted by Gasteiger charge is 2.47. The summed E-state index contributed by atoms with van der Waals surface area (Å²) in [7, 11) is 1.65. The Morgan fingerprint density at radius 3 is 2.62 bits per heavy atom. The summed E-state index contributed by atoms with van der Waals surface area (Å²) >= 11 is 0. The third-order valence-electron chi connectivity index (χ3n) is 5.17. The second-order valence-corrected chi connectivity index (χ2v) is 6.85. The number of anilines is 2. The Bertz CT molecular complexity index is 740. The second-order valence-electron chi connectivity index (χ2n) is 6.85. The molecule has 2 aliphatic heterocycles. The van der Waals surface area contributed by atoms with Crippen molar-refractivity contribution in [3.05, 3.63) is 54.2 Å². The average molecular weight is 322 g/mol. The van der Waals surface area contributed by atoms with E-state index in [4.69, 9.17) is 0 Å². The molecule has 1 aromatic carbocycles. The number of hydrogen-bond donors (Lipinski definition) is 1. The van der Waals surface area contributed by atoms with Crippen LogP contribution in [0.2, 0.25) is 0 Å². The Kier molecular flexibility index (Phi) is 3.63. The first-order chi connectivity index (χ1) is 11.7. The zero-order valence-electron chi connectivity index (χ0n) is 13.9. The van der Waals surface area contributed by atoms with Crippen molar-refractivity contribution in [2.24, 2.45) is 5.41 Å². The van der Waals surface area contributed by atoms with Crippen LogP contribution in [0.15, 0.2) is 48.7 Å². The van der Waals surface area contributed by atoms with Gasteiger partial charge < -0.3 is 15.1 Å². The predicted molar refractivity (Wildman–Crippen MR) is 95.5 cm³/mol. The van der Waals surface area contributed by atoms with Crippen LogP contribution in [-0.2, 0) is 0 Å². The molecule has 2 aliphatic rings. The molecule has 5 heteroatoms. The zero-order valence-corrected chi connectivity index (χ0v) is 13.9. The van der Waals surface area contributed by atoms with Crippen LogP contribution in [-0.4, -0.2) is 44.1 Å². The van der Waals surface area contributed by atoms with E-state index >= 15 is 0 Å². The summed E-state index contributed by atoms with van der Waals surface area (Å²) in [5, 5.41) is 2.67. The van der Waals surface area contributed by atoms with Crippen LogP contribution in [0, 0.1) is 5.41 Å². The predicted octanol–water partition coefficient (Wildman–Crippen LogP) is 2.16. The first kappa shape index (κ1) is 15.0. The third kappa shape index (κ3) is 2.60. The number of rotatable bonds is 3. The van der Waals surface area contributed by atoms with Gasteiger partial charge in [-0.25, -0.2) is 4.98 Å². The van der Waals surface area contributed by atoms with Crippen molar-refractivity contribution in [1.82, 2.24) is 10.3 Å². The number of para-hydroxylation sites is 1. The van der Waals surface area contributed by atoms with Crippen molar-refractivity contribution >= 4 is 17.4 Å². The average Bonchev–Trinajstić information content (AvgIpc) is 3.06. The van der Waals surface area contributed by atoms with E-state index in [0.29, 0.717) is 11.0 Å². The van der Waals surface area contributed by atoms with Crippen LogP contribution in [0.3, 0.4) is 0 Å². The van der Waals surface area contributed by atoms with Crippen LogP contribution in [0.4, 0.5) is 11.5 Å². The van der Waals surface area contributed by atoms with Crippen LogP contribution < -0.4 is 15.1 Å². The smallest absolute Gasteiger partial charge is 0.251 e. The lowest BCUT2D eigenvalue weighted by Gasteiger charge is -2.49. The van der Waals surface area contributed by atoms with E-state index in [9.17, 15) is 4.79 Å². The minimum Gasteiger partial charge on any atom is -0.370 e. The molecule has 2 aromatic rings. The summed E-state index contributed by atoms with van der Waals surface area (Å²) < 4.78 is 0. The molecule has 0 radical (unpaired) electrons. The number of amides is 1. The summed E-state index contributed by atoms with van der Waals surface area (Å²) in [6.45, 7) is 4.22. The molecule has 4 rings (SSSR count). The summed E-state index contributed by atoms with van der Waals surface area (Å²) in [4.78, 5) is 21.0. The van der Waals surface area contributed by atoms with Gasteiger partial charge >= 0.3 is 0 Å². The van der Waals surface area contributed by atoms with E-state index in [1.165, 1.54) is 12.1 Å². The molecule has 1 spiro atoms. The Hall–Kier alpha value is -2.56. The molecule has 3 heterocycles. The lowest BCUT2D eigenvalue weighted by molar-refractivity contribution is 0.0963. The van der Waals surface area contributed by atoms with Gasteiger partial charge in [0.05, 0.1) is 0 Å². The SMILES string of the molecule is CNC(=O)c1ccnc(N2CCC3(CN(c4ccccc4)C3)C2)c1. The van der Waals surface area contributed by atoms with Gasteiger partial charge in [-0.2, -0.15) is 0 Å². The van der Waals surface area contributed by atoms with Crippen molar-refractivity contribution in [2.45, 2.75) is 6.42 Å². The maximum atomic E-state index is 11.8. The molecule has 1 N–H and O–H groups in total. The molecular formula is C19H22N4O. The van der Waals surface area contributed by atoms with Crippen molar-refractivity contribution < 1.29 is 4.79 Å². The van der Waals surface area contributed by atoms with Crippen LogP contribution in [0.5, 0.6) is 0 Å². The van der Waals surface area contributed by atoms with Gasteiger partial charge in [0.2, 0.25) is 0 Å². The Morgan fingerprint density at radius 1 is 1.12 bits per heavy atom. The molecule has 0 unspecified atom stereocenters. The molecule has 0 saturated carbocycles. The first-order valence-electron chi connectivity index (χ1n) is 8.42. The largest absolute Gasteiger partial charge is 0.370 e. The van der Waals surface area contributed by atoms with Crippen molar-refractivity contribution in [1.29, 1.82) is 0 Å². The molecule has 1 amide bonds. The lowest BCUT2D eigenvalue weighted by atomic mass is 9.79. The highest BCUT2D eigenvalue weighted by Crippen LogP contribution is 2.42. The van der Waals surface area contributed by atoms with Gasteiger partial charge in [-0.05, 0) is 30.7 Å². The summed E-state index contributed by atoms with van der Waals surface area (Å²) in [6.07, 6.45) is 2.91. The summed E-state index contributed by atoms with van der Waals surface area (Å²) in [5.41, 5.74) is 2.34. The number of carbonyl (C=O) groups is 1. The highest BCUT2D eigenvalue weighted by atomic mass is 16.1. The van der Waals surface area contributed by atoms with Crippen molar-refractivity contribution in [2.75, 3.05) is 43.0 Å². The lowest BCUT2D eigenvalue weighted by Crippen LogP contribution is -2.57. The van der Waals surface area contributed by atoms with E-state index < -0.39 is 0 Å². The standard InChI is InChI=1S/C19H22N4O/c1-20-18(24)15-7-9-21-17(11-15)22-10-8-19(12-22)13-23(14-19)16-5-3-2-4-6-16/h2-7,9,11H,8,10,12-14H2,1H3,(H,20,24). The monoisotopic (exact) mass is 322 g/mol. The van der Waals surface area contributed by atoms with Crippen molar-refractivity contribution in [3.63, 3.8) is 0 Å². The molecular weight excluding hydrogens is 300 g/mol. The molecule has 2 fully saturated rings. The fourth-order valence-electron chi connectivity index (χ4n) is 3.85. The van der Waals surface area contributed by atoms with Gasteiger partial charge in [0, 0.05) is 56.1 Å². The third-order valence-corrected chi connectivity index (χ3v) is 5.17. The van der Waals surface area contributed by atoms with Gasteiger partial charge in [-0.15, -0.1) is 0 Å². The minimum absolute atomic E-state index is 0.0635. The molecule has 5 nitrogen and oxygen atoms in total. The fraction of sp³-hybridized carbons (Fsp3) is 0.368. The summed E-state index contributed by atoms with van der Waals surface area (Å²) in [6, 6.07) is 14.2. The Balaban J connectivity index is 1.44. The van der Waals surface area contributed by atoms with E-state index in [2.05, 4.69) is 50.4 Å². The van der Waals surface area contributed by atoms with Gasteiger partial charge in [0.25, 0.3) is 5.91 Å². The number of pyridine rings is 1. The van der Waals surface area contributed by atoms with Crippen LogP contribution in [0.1, 0.15) is 16.8 Å². The van der Waals surface area contributed by atoms with E-state index in [-0.39, 0.29) is 5.91 Å². The topological polar surface area (TPSA) is 48.5 Å². The van der Waals surface area contributed by atoms with E-state index in [0.717, 1.165) is 32.0 Å². The van der Waals surface area contributed by atoms with Gasteiger partial charge in [-0.1, -0.05) is 18.2 Å². The fourth-order valence-corrected chi connectivity index (χ4v) is 3.85. The second kappa shape index (κ2) is 5.82. The number of nitrogens with one attached hydrogen (secondary N) is 1. The molecule has 0 atom stereocenters. The summed E-state index contributed by atoms with van der Waals surface area (Å²) in [5.74, 6) is 0.845. The van der Waals surface area contributed by atoms with Crippen molar-refractivity contribution in [3.8, 4) is 0 Å². The molecule has 24 heavy (non-hydrogen) atoms. The highest BCUT2D eigenvalue weighted by molar-refractivity contribution is 5.94. The molecule has 124 valence electrons. The Labute approximate surface area is 142 Å². The number of carbonyl (C=O) groups excluding carboxylic acids is 1. The van der Waals surface area contributed by atoms with Gasteiger partial charge in [0.15, 0.2) is 0 Å². The number of hydrogen-bond acceptors (Lipinski definition) is 4. The number of aromatic nitrogens is 1. The quantitative estimate of drug-likeness (QED) is 0.941. The van der Waals surface area contributed by atoms with E-state index in [1.807, 2.05) is 6.07 Å². The van der Waals surface area contributed by atoms with E-state index in [1.54, 1.807) is 19.3 Å². The Morgan fingerprint density at radius 2 is 1.88 bits per heavy atom. The number of benzene rings is 1. The number of nitrogens with zero attached hydrogens (tertiary/aromatic N) is 3. The maximum absolute atomic E-state index is 11.8. The molecule has 1 aromatic heterocycles. The van der Waals surface area contributed by atoms with Crippen LogP contribution >= 0.6 is 0 Å². The molecule has 0 aliphatic carbocycles. The zero-order chi connectivity index (χ0) is 16.6. The first-order valence-corrected chi connectivity index (χ1v) is 8.42. The van der Waals surface area contributed by atoms with Gasteiger partial charge in [0.1, 0.15) is 5.82 Å². The molecule has 0 bridgehead atoms. The maximum Gasteiger partial charge on any atom is 0.251 e. The van der Waals surface area contributed by atoms with Crippen LogP contribution in [0.25, 0.3) is 0 Å². The minimum atomic E-state index is -0.0635.